The zero-order chi connectivity index (χ0) is 23.1. The summed E-state index contributed by atoms with van der Waals surface area (Å²) >= 11 is 0. The van der Waals surface area contributed by atoms with Crippen LogP contribution in [0.15, 0.2) is 12.4 Å². The minimum atomic E-state index is -0.505. The van der Waals surface area contributed by atoms with Gasteiger partial charge in [0.2, 0.25) is 0 Å². The third kappa shape index (κ3) is 4.20. The highest BCUT2D eigenvalue weighted by molar-refractivity contribution is 5.94. The van der Waals surface area contributed by atoms with Gasteiger partial charge in [0.05, 0.1) is 18.9 Å². The molecule has 2 aromatic rings. The van der Waals surface area contributed by atoms with Gasteiger partial charge >= 0.3 is 6.09 Å². The Labute approximate surface area is 189 Å². The van der Waals surface area contributed by atoms with Crippen molar-refractivity contribution in [3.8, 4) is 5.88 Å². The van der Waals surface area contributed by atoms with E-state index in [-0.39, 0.29) is 42.2 Å². The fourth-order valence-electron chi connectivity index (χ4n) is 4.60. The highest BCUT2D eigenvalue weighted by Crippen LogP contribution is 2.32. The highest BCUT2D eigenvalue weighted by atomic mass is 19.1. The number of nitrogens with zero attached hydrogens (tertiary/aromatic N) is 4. The Morgan fingerprint density at radius 1 is 1.27 bits per heavy atom. The van der Waals surface area contributed by atoms with E-state index < -0.39 is 6.09 Å². The Hall–Kier alpha value is -3.34. The number of hydrogen-bond donors (Lipinski definition) is 2. The first-order valence-electron chi connectivity index (χ1n) is 11.0. The number of halogens is 1. The predicted molar refractivity (Wildman–Crippen MR) is 116 cm³/mol. The molecule has 1 aliphatic carbocycles. The monoisotopic (exact) mass is 456 g/mol. The molecule has 3 aliphatic rings. The zero-order valence-corrected chi connectivity index (χ0v) is 18.4. The van der Waals surface area contributed by atoms with Crippen molar-refractivity contribution in [1.82, 2.24) is 20.3 Å². The lowest BCUT2D eigenvalue weighted by Crippen LogP contribution is -2.36. The molecule has 2 amide bonds. The predicted octanol–water partition coefficient (Wildman–Crippen LogP) is 1.76. The maximum atomic E-state index is 14.1. The van der Waals surface area contributed by atoms with Crippen LogP contribution in [0.25, 0.3) is 0 Å². The van der Waals surface area contributed by atoms with Gasteiger partial charge in [-0.15, -0.1) is 0 Å². The van der Waals surface area contributed by atoms with E-state index in [1.54, 1.807) is 0 Å². The topological polar surface area (TPSA) is 119 Å². The summed E-state index contributed by atoms with van der Waals surface area (Å²) in [7, 11) is 0. The van der Waals surface area contributed by atoms with Gasteiger partial charge in [-0.25, -0.2) is 19.2 Å². The average Bonchev–Trinajstić information content (AvgIpc) is 3.41. The van der Waals surface area contributed by atoms with Crippen LogP contribution in [0, 0.1) is 18.7 Å². The second kappa shape index (κ2) is 8.54. The molecule has 2 aromatic heterocycles. The summed E-state index contributed by atoms with van der Waals surface area (Å²) in [6.45, 7) is 4.90. The smallest absolute Gasteiger partial charge is 0.415 e. The minimum Gasteiger partial charge on any atom is -0.465 e. The maximum Gasteiger partial charge on any atom is 0.415 e. The third-order valence-corrected chi connectivity index (χ3v) is 6.51. The van der Waals surface area contributed by atoms with E-state index in [1.165, 1.54) is 17.3 Å². The molecular formula is C22H25FN6O4. The Morgan fingerprint density at radius 3 is 2.91 bits per heavy atom. The summed E-state index contributed by atoms with van der Waals surface area (Å²) in [5, 5.41) is 6.08. The van der Waals surface area contributed by atoms with E-state index in [4.69, 9.17) is 9.47 Å². The molecule has 5 rings (SSSR count). The van der Waals surface area contributed by atoms with Gasteiger partial charge in [0.1, 0.15) is 11.9 Å². The normalized spacial score (nSPS) is 22.3. The molecule has 0 spiro atoms. The summed E-state index contributed by atoms with van der Waals surface area (Å²) in [5.41, 5.74) is 2.71. The molecule has 3 atom stereocenters. The van der Waals surface area contributed by atoms with Crippen LogP contribution in [0.3, 0.4) is 0 Å². The molecule has 4 heterocycles. The summed E-state index contributed by atoms with van der Waals surface area (Å²) in [6, 6.07) is 0.180. The van der Waals surface area contributed by atoms with Crippen LogP contribution in [0.5, 0.6) is 5.88 Å². The number of pyridine rings is 1. The molecule has 10 nitrogen and oxygen atoms in total. The van der Waals surface area contributed by atoms with Crippen molar-refractivity contribution in [1.29, 1.82) is 0 Å². The largest absolute Gasteiger partial charge is 0.465 e. The van der Waals surface area contributed by atoms with Crippen molar-refractivity contribution in [2.75, 3.05) is 29.9 Å². The Kier molecular flexibility index (Phi) is 5.57. The van der Waals surface area contributed by atoms with E-state index in [0.717, 1.165) is 23.2 Å². The number of aromatic nitrogens is 3. The number of aryl methyl sites for hydroxylation is 1. The molecule has 0 aromatic carbocycles. The van der Waals surface area contributed by atoms with Gasteiger partial charge in [-0.1, -0.05) is 0 Å². The summed E-state index contributed by atoms with van der Waals surface area (Å²) < 4.78 is 24.8. The molecular weight excluding hydrogens is 431 g/mol. The molecule has 33 heavy (non-hydrogen) atoms. The number of amides is 2. The second-order valence-electron chi connectivity index (χ2n) is 8.68. The summed E-state index contributed by atoms with van der Waals surface area (Å²) in [4.78, 5) is 37.8. The van der Waals surface area contributed by atoms with Gasteiger partial charge in [-0.3, -0.25) is 14.7 Å². The highest BCUT2D eigenvalue weighted by Gasteiger charge is 2.35. The van der Waals surface area contributed by atoms with Gasteiger partial charge in [-0.2, -0.15) is 0 Å². The number of fused-ring (bicyclic) bond motifs is 2. The quantitative estimate of drug-likeness (QED) is 0.675. The average molecular weight is 456 g/mol. The van der Waals surface area contributed by atoms with E-state index in [9.17, 15) is 14.0 Å². The Balaban J connectivity index is 1.14. The van der Waals surface area contributed by atoms with Crippen molar-refractivity contribution >= 4 is 23.6 Å². The summed E-state index contributed by atoms with van der Waals surface area (Å²) in [6.07, 6.45) is 4.06. The third-order valence-electron chi connectivity index (χ3n) is 6.51. The van der Waals surface area contributed by atoms with E-state index in [1.807, 2.05) is 6.92 Å². The van der Waals surface area contributed by atoms with E-state index in [2.05, 4.69) is 32.5 Å². The van der Waals surface area contributed by atoms with Crippen LogP contribution in [-0.2, 0) is 22.4 Å². The molecule has 0 radical (unpaired) electrons. The number of nitrogens with one attached hydrogen (secondary N) is 2. The lowest BCUT2D eigenvalue weighted by atomic mass is 9.97. The molecule has 174 valence electrons. The van der Waals surface area contributed by atoms with Gasteiger partial charge < -0.3 is 20.1 Å². The van der Waals surface area contributed by atoms with Crippen molar-refractivity contribution < 1.29 is 23.5 Å². The molecule has 11 heteroatoms. The lowest BCUT2D eigenvalue weighted by Gasteiger charge is -2.21. The van der Waals surface area contributed by atoms with Crippen LogP contribution >= 0.6 is 0 Å². The molecule has 2 unspecified atom stereocenters. The van der Waals surface area contributed by atoms with Gasteiger partial charge in [0.15, 0.2) is 18.2 Å². The first-order valence-corrected chi connectivity index (χ1v) is 11.0. The van der Waals surface area contributed by atoms with Crippen LogP contribution in [0.2, 0.25) is 0 Å². The Bertz CT molecular complexity index is 1080. The van der Waals surface area contributed by atoms with Crippen molar-refractivity contribution in [2.24, 2.45) is 5.92 Å². The van der Waals surface area contributed by atoms with Crippen LogP contribution in [-0.4, -0.2) is 58.8 Å². The van der Waals surface area contributed by atoms with Crippen LogP contribution < -0.4 is 20.3 Å². The number of rotatable bonds is 6. The Morgan fingerprint density at radius 2 is 2.09 bits per heavy atom. The number of carbonyl (C=O) groups excluding carboxylic acids is 2. The first-order chi connectivity index (χ1) is 15.9. The van der Waals surface area contributed by atoms with Crippen molar-refractivity contribution in [3.05, 3.63) is 35.0 Å². The van der Waals surface area contributed by atoms with Gasteiger partial charge in [0, 0.05) is 11.7 Å². The van der Waals surface area contributed by atoms with Gasteiger partial charge in [0.25, 0.3) is 11.8 Å². The van der Waals surface area contributed by atoms with Crippen LogP contribution in [0.4, 0.5) is 20.8 Å². The van der Waals surface area contributed by atoms with Crippen LogP contribution in [0.1, 0.15) is 30.2 Å². The van der Waals surface area contributed by atoms with E-state index in [0.29, 0.717) is 37.7 Å². The number of hydrogen-bond acceptors (Lipinski definition) is 8. The molecule has 1 fully saturated rings. The fourth-order valence-corrected chi connectivity index (χ4v) is 4.60. The summed E-state index contributed by atoms with van der Waals surface area (Å²) in [5.74, 6) is 0.456. The van der Waals surface area contributed by atoms with Crippen molar-refractivity contribution in [2.45, 2.75) is 45.3 Å². The fraction of sp³-hybridized carbons (Fsp3) is 0.500. The number of cyclic esters (lactones) is 1. The SMILES string of the molecule is Cc1ncc(F)c2c1CC(C(C)NCC[C@@H]1CN(c3cnc4c(n3)NC(=O)CO4)C(=O)O1)C2. The minimum absolute atomic E-state index is 0.112. The van der Waals surface area contributed by atoms with E-state index >= 15 is 0 Å². The number of anilines is 2. The molecule has 2 N–H and O–H groups in total. The number of ether oxygens (including phenoxy) is 2. The number of carbonyl (C=O) groups is 2. The van der Waals surface area contributed by atoms with Crippen molar-refractivity contribution in [3.63, 3.8) is 0 Å². The lowest BCUT2D eigenvalue weighted by molar-refractivity contribution is -0.118. The second-order valence-corrected chi connectivity index (χ2v) is 8.68. The molecule has 2 aliphatic heterocycles. The molecule has 0 saturated carbocycles. The molecule has 1 saturated heterocycles. The standard InChI is InChI=1S/C22H25FN6O4/c1-11(13-5-15-12(2)25-7-17(23)16(15)6-13)24-4-3-14-9-29(22(31)33-14)18-8-26-21-20(27-18)28-19(30)10-32-21/h7-8,11,13-14,24H,3-6,9-10H2,1-2H3,(H,27,28,30)/t11?,13?,14-/m1/s1. The zero-order valence-electron chi connectivity index (χ0n) is 18.4. The molecule has 0 bridgehead atoms. The maximum absolute atomic E-state index is 14.1. The van der Waals surface area contributed by atoms with Gasteiger partial charge in [-0.05, 0) is 56.7 Å². The first kappa shape index (κ1) is 21.5.